The summed E-state index contributed by atoms with van der Waals surface area (Å²) in [6.07, 6.45) is 0.411. The Morgan fingerprint density at radius 3 is 2.60 bits per heavy atom. The maximum Gasteiger partial charge on any atom is 0.141 e. The van der Waals surface area contributed by atoms with Crippen LogP contribution in [0.25, 0.3) is 22.4 Å². The molecule has 3 aromatic rings. The zero-order valence-corrected chi connectivity index (χ0v) is 10.8. The fourth-order valence-electron chi connectivity index (χ4n) is 2.28. The number of nitrogens with zero attached hydrogens (tertiary/aromatic N) is 3. The first-order valence-electron chi connectivity index (χ1n) is 6.38. The smallest absolute Gasteiger partial charge is 0.141 e. The Bertz CT molecular complexity index is 782. The van der Waals surface area contributed by atoms with Gasteiger partial charge in [-0.2, -0.15) is 5.26 Å². The van der Waals surface area contributed by atoms with Crippen LogP contribution in [0.3, 0.4) is 0 Å². The standard InChI is InChI=1S/C16H12FN3/c17-13-8-6-12(7-9-13)16-19-14-4-1-2-5-15(14)20(16)11-3-10-18/h1-2,4-9H,3,11H2. The first-order valence-corrected chi connectivity index (χ1v) is 6.38. The van der Waals surface area contributed by atoms with Crippen molar-refractivity contribution in [3.63, 3.8) is 0 Å². The third-order valence-corrected chi connectivity index (χ3v) is 3.20. The summed E-state index contributed by atoms with van der Waals surface area (Å²) in [6.45, 7) is 0.573. The van der Waals surface area contributed by atoms with E-state index in [9.17, 15) is 4.39 Å². The van der Waals surface area contributed by atoms with Crippen LogP contribution in [0.2, 0.25) is 0 Å². The molecule has 1 heterocycles. The molecule has 0 fully saturated rings. The third-order valence-electron chi connectivity index (χ3n) is 3.20. The maximum absolute atomic E-state index is 13.0. The van der Waals surface area contributed by atoms with Crippen LogP contribution >= 0.6 is 0 Å². The number of aromatic nitrogens is 2. The number of rotatable bonds is 3. The molecule has 20 heavy (non-hydrogen) atoms. The predicted octanol–water partition coefficient (Wildman–Crippen LogP) is 3.76. The topological polar surface area (TPSA) is 41.6 Å². The highest BCUT2D eigenvalue weighted by Gasteiger charge is 2.11. The minimum atomic E-state index is -0.270. The van der Waals surface area contributed by atoms with Gasteiger partial charge in [-0.05, 0) is 36.4 Å². The maximum atomic E-state index is 13.0. The van der Waals surface area contributed by atoms with Gasteiger partial charge < -0.3 is 4.57 Å². The van der Waals surface area contributed by atoms with Crippen molar-refractivity contribution in [3.8, 4) is 17.5 Å². The van der Waals surface area contributed by atoms with Gasteiger partial charge in [0.15, 0.2) is 0 Å². The summed E-state index contributed by atoms with van der Waals surface area (Å²) < 4.78 is 15.0. The highest BCUT2D eigenvalue weighted by atomic mass is 19.1. The fourth-order valence-corrected chi connectivity index (χ4v) is 2.28. The molecule has 3 rings (SSSR count). The first-order chi connectivity index (χ1) is 9.79. The van der Waals surface area contributed by atoms with Crippen molar-refractivity contribution < 1.29 is 4.39 Å². The summed E-state index contributed by atoms with van der Waals surface area (Å²) in [5.41, 5.74) is 2.72. The van der Waals surface area contributed by atoms with Crippen molar-refractivity contribution >= 4 is 11.0 Å². The lowest BCUT2D eigenvalue weighted by Gasteiger charge is -2.07. The van der Waals surface area contributed by atoms with Crippen LogP contribution in [0.15, 0.2) is 48.5 Å². The van der Waals surface area contributed by atoms with Crippen LogP contribution in [0, 0.1) is 17.1 Å². The van der Waals surface area contributed by atoms with Gasteiger partial charge in [-0.1, -0.05) is 12.1 Å². The van der Waals surface area contributed by atoms with Crippen LogP contribution in [0.1, 0.15) is 6.42 Å². The van der Waals surface area contributed by atoms with E-state index in [1.807, 2.05) is 28.8 Å². The van der Waals surface area contributed by atoms with E-state index < -0.39 is 0 Å². The van der Waals surface area contributed by atoms with Gasteiger partial charge in [0.2, 0.25) is 0 Å². The molecule has 3 nitrogen and oxygen atoms in total. The van der Waals surface area contributed by atoms with E-state index in [2.05, 4.69) is 11.1 Å². The molecule has 0 amide bonds. The Morgan fingerprint density at radius 1 is 1.10 bits per heavy atom. The highest BCUT2D eigenvalue weighted by Crippen LogP contribution is 2.25. The average Bonchev–Trinajstić information content (AvgIpc) is 2.84. The van der Waals surface area contributed by atoms with Gasteiger partial charge in [0.25, 0.3) is 0 Å². The number of nitriles is 1. The largest absolute Gasteiger partial charge is 0.323 e. The van der Waals surface area contributed by atoms with Crippen LogP contribution in [-0.4, -0.2) is 9.55 Å². The van der Waals surface area contributed by atoms with E-state index in [-0.39, 0.29) is 5.82 Å². The zero-order valence-electron chi connectivity index (χ0n) is 10.8. The lowest BCUT2D eigenvalue weighted by molar-refractivity contribution is 0.628. The van der Waals surface area contributed by atoms with Crippen molar-refractivity contribution in [2.75, 3.05) is 0 Å². The lowest BCUT2D eigenvalue weighted by atomic mass is 10.2. The number of aryl methyl sites for hydroxylation is 1. The summed E-state index contributed by atoms with van der Waals surface area (Å²) >= 11 is 0. The molecular formula is C16H12FN3. The average molecular weight is 265 g/mol. The Kier molecular flexibility index (Phi) is 3.18. The van der Waals surface area contributed by atoms with E-state index in [4.69, 9.17) is 5.26 Å². The monoisotopic (exact) mass is 265 g/mol. The van der Waals surface area contributed by atoms with Gasteiger partial charge in [-0.25, -0.2) is 9.37 Å². The number of benzene rings is 2. The molecule has 1 aromatic heterocycles. The van der Waals surface area contributed by atoms with E-state index in [1.165, 1.54) is 12.1 Å². The van der Waals surface area contributed by atoms with Crippen molar-refractivity contribution in [2.45, 2.75) is 13.0 Å². The molecule has 0 bridgehead atoms. The molecule has 0 unspecified atom stereocenters. The zero-order chi connectivity index (χ0) is 13.9. The second-order valence-corrected chi connectivity index (χ2v) is 4.49. The lowest BCUT2D eigenvalue weighted by Crippen LogP contribution is -2.00. The molecule has 4 heteroatoms. The molecule has 0 aliphatic rings. The quantitative estimate of drug-likeness (QED) is 0.723. The summed E-state index contributed by atoms with van der Waals surface area (Å²) in [5, 5.41) is 8.80. The molecule has 0 radical (unpaired) electrons. The van der Waals surface area contributed by atoms with Crippen molar-refractivity contribution in [1.29, 1.82) is 5.26 Å². The molecule has 98 valence electrons. The van der Waals surface area contributed by atoms with Crippen LogP contribution in [-0.2, 0) is 6.54 Å². The molecular weight excluding hydrogens is 253 g/mol. The van der Waals surface area contributed by atoms with Crippen molar-refractivity contribution in [1.82, 2.24) is 9.55 Å². The van der Waals surface area contributed by atoms with Crippen molar-refractivity contribution in [2.24, 2.45) is 0 Å². The molecule has 0 aliphatic carbocycles. The Labute approximate surface area is 115 Å². The molecule has 0 aliphatic heterocycles. The second-order valence-electron chi connectivity index (χ2n) is 4.49. The van der Waals surface area contributed by atoms with Gasteiger partial charge in [0.1, 0.15) is 11.6 Å². The molecule has 0 spiro atoms. The van der Waals surface area contributed by atoms with Crippen LogP contribution < -0.4 is 0 Å². The number of para-hydroxylation sites is 2. The fraction of sp³-hybridized carbons (Fsp3) is 0.125. The summed E-state index contributed by atoms with van der Waals surface area (Å²) in [7, 11) is 0. The SMILES string of the molecule is N#CCCn1c(-c2ccc(F)cc2)nc2ccccc21. The van der Waals surface area contributed by atoms with E-state index in [1.54, 1.807) is 12.1 Å². The Balaban J connectivity index is 2.18. The minimum absolute atomic E-state index is 0.270. The molecule has 0 atom stereocenters. The van der Waals surface area contributed by atoms with Crippen molar-refractivity contribution in [3.05, 3.63) is 54.3 Å². The molecule has 0 saturated heterocycles. The first kappa shape index (κ1) is 12.4. The number of fused-ring (bicyclic) bond motifs is 1. The molecule has 2 aromatic carbocycles. The number of hydrogen-bond donors (Lipinski definition) is 0. The summed E-state index contributed by atoms with van der Waals surface area (Å²) in [5.74, 6) is 0.495. The summed E-state index contributed by atoms with van der Waals surface area (Å²) in [6, 6.07) is 16.2. The molecule has 0 N–H and O–H groups in total. The van der Waals surface area contributed by atoms with Gasteiger partial charge in [0.05, 0.1) is 23.5 Å². The third kappa shape index (κ3) is 2.14. The Hall–Kier alpha value is -2.67. The van der Waals surface area contributed by atoms with Gasteiger partial charge in [-0.3, -0.25) is 0 Å². The van der Waals surface area contributed by atoms with E-state index in [0.29, 0.717) is 13.0 Å². The van der Waals surface area contributed by atoms with Gasteiger partial charge >= 0.3 is 0 Å². The van der Waals surface area contributed by atoms with E-state index >= 15 is 0 Å². The Morgan fingerprint density at radius 2 is 1.85 bits per heavy atom. The number of halogens is 1. The number of imidazole rings is 1. The predicted molar refractivity (Wildman–Crippen MR) is 75.4 cm³/mol. The summed E-state index contributed by atoms with van der Waals surface area (Å²) in [4.78, 5) is 4.60. The minimum Gasteiger partial charge on any atom is -0.323 e. The van der Waals surface area contributed by atoms with Crippen LogP contribution in [0.4, 0.5) is 4.39 Å². The van der Waals surface area contributed by atoms with Gasteiger partial charge in [0, 0.05) is 12.1 Å². The highest BCUT2D eigenvalue weighted by molar-refractivity contribution is 5.80. The molecule has 0 saturated carbocycles. The number of hydrogen-bond acceptors (Lipinski definition) is 2. The second kappa shape index (κ2) is 5.14. The normalized spacial score (nSPS) is 10.6. The van der Waals surface area contributed by atoms with E-state index in [0.717, 1.165) is 22.4 Å². The van der Waals surface area contributed by atoms with Gasteiger partial charge in [-0.15, -0.1) is 0 Å². The van der Waals surface area contributed by atoms with Crippen LogP contribution in [0.5, 0.6) is 0 Å².